The van der Waals surface area contributed by atoms with Crippen LogP contribution >= 0.6 is 67.8 Å². The van der Waals surface area contributed by atoms with Crippen molar-refractivity contribution in [2.24, 2.45) is 0 Å². The second-order valence-electron chi connectivity index (χ2n) is 4.63. The van der Waals surface area contributed by atoms with Crippen molar-refractivity contribution in [3.8, 4) is 0 Å². The molecule has 0 saturated carbocycles. The first-order valence-electron chi connectivity index (χ1n) is 6.68. The fraction of sp³-hybridized carbons (Fsp3) is 0.385. The maximum absolute atomic E-state index is 12.4. The van der Waals surface area contributed by atoms with E-state index in [1.807, 2.05) is 67.8 Å². The zero-order valence-electron chi connectivity index (χ0n) is 12.3. The van der Waals surface area contributed by atoms with Crippen LogP contribution in [0.4, 0.5) is 5.69 Å². The minimum Gasteiger partial charge on any atom is -0.397 e. The Kier molecular flexibility index (Phi) is 9.42. The second kappa shape index (κ2) is 10.2. The number of benzene rings is 1. The van der Waals surface area contributed by atoms with Crippen molar-refractivity contribution in [2.75, 3.05) is 32.0 Å². The monoisotopic (exact) mass is 675 g/mol. The average molecular weight is 675 g/mol. The van der Waals surface area contributed by atoms with Crippen molar-refractivity contribution in [2.45, 2.75) is 6.10 Å². The van der Waals surface area contributed by atoms with Crippen LogP contribution in [0.25, 0.3) is 0 Å². The van der Waals surface area contributed by atoms with Crippen molar-refractivity contribution in [3.05, 3.63) is 21.8 Å². The number of nitrogen functional groups attached to an aromatic ring is 1. The van der Waals surface area contributed by atoms with Gasteiger partial charge in [-0.05, 0) is 67.8 Å². The summed E-state index contributed by atoms with van der Waals surface area (Å²) < 4.78 is 1.43. The third-order valence-corrected chi connectivity index (χ3v) is 6.23. The highest BCUT2D eigenvalue weighted by Crippen LogP contribution is 2.33. The summed E-state index contributed by atoms with van der Waals surface area (Å²) in [5, 5.41) is 32.0. The minimum absolute atomic E-state index is 0.0844. The minimum atomic E-state index is -1.07. The van der Waals surface area contributed by atoms with Crippen LogP contribution in [0.15, 0.2) is 0 Å². The third kappa shape index (κ3) is 5.26. The molecule has 11 heteroatoms. The molecule has 7 N–H and O–H groups in total. The topological polar surface area (TPSA) is 145 Å². The number of carbonyl (C=O) groups excluding carboxylic acids is 2. The maximum atomic E-state index is 12.4. The number of aliphatic hydroxyl groups is 3. The van der Waals surface area contributed by atoms with E-state index < -0.39 is 24.5 Å². The van der Waals surface area contributed by atoms with Crippen LogP contribution in [0, 0.1) is 10.7 Å². The molecule has 0 aliphatic rings. The fourth-order valence-corrected chi connectivity index (χ4v) is 5.85. The number of amides is 2. The quantitative estimate of drug-likeness (QED) is 0.176. The van der Waals surface area contributed by atoms with Crippen molar-refractivity contribution in [3.63, 3.8) is 0 Å². The predicted molar refractivity (Wildman–Crippen MR) is 114 cm³/mol. The molecule has 0 bridgehead atoms. The van der Waals surface area contributed by atoms with Crippen molar-refractivity contribution >= 4 is 85.3 Å². The van der Waals surface area contributed by atoms with E-state index in [0.717, 1.165) is 0 Å². The van der Waals surface area contributed by atoms with E-state index in [0.29, 0.717) is 16.4 Å². The molecule has 1 rings (SSSR count). The van der Waals surface area contributed by atoms with E-state index in [2.05, 4.69) is 10.6 Å². The number of anilines is 1. The molecule has 1 atom stereocenters. The first-order chi connectivity index (χ1) is 11.3. The molecule has 1 unspecified atom stereocenters. The van der Waals surface area contributed by atoms with Crippen molar-refractivity contribution in [1.82, 2.24) is 10.6 Å². The van der Waals surface area contributed by atoms with E-state index in [-0.39, 0.29) is 30.8 Å². The molecule has 8 nitrogen and oxygen atoms in total. The van der Waals surface area contributed by atoms with Gasteiger partial charge in [0.2, 0.25) is 0 Å². The number of hydrogen-bond acceptors (Lipinski definition) is 6. The molecule has 0 spiro atoms. The van der Waals surface area contributed by atoms with Gasteiger partial charge in [-0.15, -0.1) is 0 Å². The van der Waals surface area contributed by atoms with Gasteiger partial charge in [0, 0.05) is 16.7 Å². The summed E-state index contributed by atoms with van der Waals surface area (Å²) in [6.07, 6.45) is -1.07. The number of nitrogens with one attached hydrogen (secondary N) is 2. The molecule has 1 aromatic carbocycles. The molecule has 24 heavy (non-hydrogen) atoms. The van der Waals surface area contributed by atoms with Gasteiger partial charge in [0.05, 0.1) is 43.3 Å². The van der Waals surface area contributed by atoms with Gasteiger partial charge in [0.25, 0.3) is 11.8 Å². The Morgan fingerprint density at radius 1 is 1.00 bits per heavy atom. The summed E-state index contributed by atoms with van der Waals surface area (Å²) in [6, 6.07) is 0. The average Bonchev–Trinajstić information content (AvgIpc) is 2.55. The zero-order valence-corrected chi connectivity index (χ0v) is 18.7. The molecule has 0 aliphatic heterocycles. The van der Waals surface area contributed by atoms with Crippen molar-refractivity contribution < 1.29 is 24.9 Å². The summed E-state index contributed by atoms with van der Waals surface area (Å²) in [6.45, 7) is -0.718. The Morgan fingerprint density at radius 2 is 1.50 bits per heavy atom. The molecule has 1 aromatic rings. The van der Waals surface area contributed by atoms with Gasteiger partial charge in [0.1, 0.15) is 0 Å². The van der Waals surface area contributed by atoms with E-state index in [9.17, 15) is 14.7 Å². The number of rotatable bonds is 7. The second-order valence-corrected chi connectivity index (χ2v) is 7.87. The molecule has 0 radical (unpaired) electrons. The Bertz CT molecular complexity index is 642. The largest absolute Gasteiger partial charge is 0.397 e. The van der Waals surface area contributed by atoms with E-state index in [1.165, 1.54) is 0 Å². The summed E-state index contributed by atoms with van der Waals surface area (Å²) in [5.41, 5.74) is 6.82. The normalized spacial score (nSPS) is 11.9. The van der Waals surface area contributed by atoms with Gasteiger partial charge in [-0.2, -0.15) is 0 Å². The van der Waals surface area contributed by atoms with Gasteiger partial charge in [-0.25, -0.2) is 0 Å². The van der Waals surface area contributed by atoms with E-state index in [1.54, 1.807) is 0 Å². The van der Waals surface area contributed by atoms with Crippen LogP contribution in [0.5, 0.6) is 0 Å². The van der Waals surface area contributed by atoms with Crippen LogP contribution in [0.1, 0.15) is 20.7 Å². The highest BCUT2D eigenvalue weighted by Gasteiger charge is 2.26. The van der Waals surface area contributed by atoms with Crippen LogP contribution in [0.3, 0.4) is 0 Å². The maximum Gasteiger partial charge on any atom is 0.253 e. The lowest BCUT2D eigenvalue weighted by molar-refractivity contribution is 0.0801. The zero-order chi connectivity index (χ0) is 18.4. The number of hydrogen-bond donors (Lipinski definition) is 6. The first-order valence-corrected chi connectivity index (χ1v) is 9.91. The van der Waals surface area contributed by atoms with Crippen molar-refractivity contribution in [1.29, 1.82) is 0 Å². The number of nitrogens with two attached hydrogens (primary N) is 1. The smallest absolute Gasteiger partial charge is 0.253 e. The van der Waals surface area contributed by atoms with Crippen LogP contribution in [-0.4, -0.2) is 59.5 Å². The Morgan fingerprint density at radius 3 is 1.96 bits per heavy atom. The van der Waals surface area contributed by atoms with Crippen LogP contribution in [-0.2, 0) is 0 Å². The summed E-state index contributed by atoms with van der Waals surface area (Å²) in [4.78, 5) is 24.7. The lowest BCUT2D eigenvalue weighted by Gasteiger charge is -2.17. The lowest BCUT2D eigenvalue weighted by Crippen LogP contribution is -2.35. The molecule has 0 aromatic heterocycles. The van der Waals surface area contributed by atoms with Crippen LogP contribution in [0.2, 0.25) is 0 Å². The Labute approximate surface area is 179 Å². The van der Waals surface area contributed by atoms with Gasteiger partial charge < -0.3 is 31.7 Å². The molecule has 2 amide bonds. The molecular weight excluding hydrogens is 659 g/mol. The van der Waals surface area contributed by atoms with Gasteiger partial charge in [-0.1, -0.05) is 0 Å². The summed E-state index contributed by atoms with van der Waals surface area (Å²) >= 11 is 5.76. The lowest BCUT2D eigenvalue weighted by atomic mass is 10.1. The van der Waals surface area contributed by atoms with Crippen LogP contribution < -0.4 is 16.4 Å². The van der Waals surface area contributed by atoms with Gasteiger partial charge in [-0.3, -0.25) is 9.59 Å². The standard InChI is InChI=1S/C13H16I3N3O5/c14-8-6(12(23)18-1-2-20)9(15)11(17)10(16)7(8)13(24)19-3-5(22)4-21/h5,20-22H,1-4,17H2,(H,18,23)(H,19,24). The van der Waals surface area contributed by atoms with Gasteiger partial charge in [0.15, 0.2) is 0 Å². The highest BCUT2D eigenvalue weighted by atomic mass is 127. The molecule has 134 valence electrons. The molecule has 0 heterocycles. The number of halogens is 3. The number of carbonyl (C=O) groups is 2. The number of aliphatic hydroxyl groups excluding tert-OH is 3. The first kappa shape index (κ1) is 22.1. The third-order valence-electron chi connectivity index (χ3n) is 2.91. The molecule has 0 aliphatic carbocycles. The van der Waals surface area contributed by atoms with E-state index in [4.69, 9.17) is 15.9 Å². The summed E-state index contributed by atoms with van der Waals surface area (Å²) in [7, 11) is 0. The van der Waals surface area contributed by atoms with E-state index >= 15 is 0 Å². The Balaban J connectivity index is 3.28. The highest BCUT2D eigenvalue weighted by molar-refractivity contribution is 14.1. The Hall–Kier alpha value is 0.0300. The van der Waals surface area contributed by atoms with Gasteiger partial charge >= 0.3 is 0 Å². The molecular formula is C13H16I3N3O5. The fourth-order valence-electron chi connectivity index (χ4n) is 1.70. The SMILES string of the molecule is Nc1c(I)c(C(=O)NCCO)c(I)c(C(=O)NCC(O)CO)c1I. The summed E-state index contributed by atoms with van der Waals surface area (Å²) in [5.74, 6) is -0.944. The molecule has 0 fully saturated rings. The predicted octanol–water partition coefficient (Wildman–Crippen LogP) is -0.112. The molecule has 0 saturated heterocycles.